The predicted molar refractivity (Wildman–Crippen MR) is 77.7 cm³/mol. The van der Waals surface area contributed by atoms with Crippen LogP contribution in [0.25, 0.3) is 0 Å². The number of carboxylic acids is 2. The molecule has 2 rings (SSSR count). The molecule has 1 aliphatic carbocycles. The van der Waals surface area contributed by atoms with E-state index in [0.29, 0.717) is 30.4 Å². The second kappa shape index (κ2) is 6.47. The zero-order valence-corrected chi connectivity index (χ0v) is 12.8. The van der Waals surface area contributed by atoms with Crippen LogP contribution in [-0.4, -0.2) is 42.4 Å². The molecule has 1 unspecified atom stereocenters. The molecule has 3 N–H and O–H groups in total. The van der Waals surface area contributed by atoms with Gasteiger partial charge in [-0.25, -0.2) is 8.42 Å². The van der Waals surface area contributed by atoms with Crippen LogP contribution in [0.1, 0.15) is 35.2 Å². The topological polar surface area (TPSA) is 138 Å². The molecule has 0 saturated heterocycles. The zero-order chi connectivity index (χ0) is 17.2. The smallest absolute Gasteiger partial charge is 0.322 e. The molecule has 9 heteroatoms. The fourth-order valence-corrected chi connectivity index (χ4v) is 3.64. The van der Waals surface area contributed by atoms with Crippen LogP contribution in [-0.2, 0) is 26.0 Å². The van der Waals surface area contributed by atoms with Crippen LogP contribution in [0.4, 0.5) is 0 Å². The molecule has 0 bridgehead atoms. The number of carbonyl (C=O) groups is 3. The summed E-state index contributed by atoms with van der Waals surface area (Å²) in [7, 11) is -4.21. The third kappa shape index (κ3) is 3.93. The Morgan fingerprint density at radius 3 is 2.52 bits per heavy atom. The average molecular weight is 341 g/mol. The number of Topliss-reactive ketones (excluding diaryl/α,β-unsaturated/α-hetero) is 1. The van der Waals surface area contributed by atoms with E-state index in [1.54, 1.807) is 0 Å². The lowest BCUT2D eigenvalue weighted by Crippen LogP contribution is -2.42. The van der Waals surface area contributed by atoms with Crippen molar-refractivity contribution in [2.24, 2.45) is 0 Å². The Kier molecular flexibility index (Phi) is 4.81. The van der Waals surface area contributed by atoms with E-state index >= 15 is 0 Å². The van der Waals surface area contributed by atoms with Gasteiger partial charge < -0.3 is 10.2 Å². The van der Waals surface area contributed by atoms with Crippen LogP contribution >= 0.6 is 0 Å². The summed E-state index contributed by atoms with van der Waals surface area (Å²) in [6.45, 7) is 0. The summed E-state index contributed by atoms with van der Waals surface area (Å²) in [6.07, 6.45) is 0.719. The van der Waals surface area contributed by atoms with Crippen LogP contribution in [0.5, 0.6) is 0 Å². The van der Waals surface area contributed by atoms with Crippen LogP contribution < -0.4 is 4.72 Å². The van der Waals surface area contributed by atoms with E-state index < -0.39 is 34.4 Å². The van der Waals surface area contributed by atoms with Crippen molar-refractivity contribution in [3.63, 3.8) is 0 Å². The second-order valence-corrected chi connectivity index (χ2v) is 6.92. The van der Waals surface area contributed by atoms with Gasteiger partial charge in [0, 0.05) is 12.0 Å². The fraction of sp³-hybridized carbons (Fsp3) is 0.357. The standard InChI is InChI=1S/C14H15NO7S/c16-12-3-1-2-8-6-9(4-5-10(8)12)23(21,22)15-11(14(19)20)7-13(17)18/h4-6,11,15H,1-3,7H2,(H,17,18)(H,19,20). The van der Waals surface area contributed by atoms with Gasteiger partial charge in [-0.1, -0.05) is 0 Å². The van der Waals surface area contributed by atoms with Crippen molar-refractivity contribution in [1.82, 2.24) is 4.72 Å². The Hall–Kier alpha value is -2.26. The molecule has 0 spiro atoms. The quantitative estimate of drug-likeness (QED) is 0.681. The van der Waals surface area contributed by atoms with Crippen molar-refractivity contribution < 1.29 is 33.0 Å². The molecule has 0 aromatic heterocycles. The summed E-state index contributed by atoms with van der Waals surface area (Å²) in [5.74, 6) is -3.07. The molecular formula is C14H15NO7S. The third-order valence-electron chi connectivity index (χ3n) is 3.51. The highest BCUT2D eigenvalue weighted by Gasteiger charge is 2.28. The van der Waals surface area contributed by atoms with E-state index in [1.807, 2.05) is 4.72 Å². The Labute approximate surface area is 132 Å². The van der Waals surface area contributed by atoms with Gasteiger partial charge in [-0.2, -0.15) is 4.72 Å². The number of carbonyl (C=O) groups excluding carboxylic acids is 1. The first-order valence-corrected chi connectivity index (χ1v) is 8.32. The molecule has 1 atom stereocenters. The number of hydrogen-bond acceptors (Lipinski definition) is 5. The van der Waals surface area contributed by atoms with Gasteiger partial charge in [-0.15, -0.1) is 0 Å². The molecule has 1 aromatic rings. The van der Waals surface area contributed by atoms with E-state index in [9.17, 15) is 22.8 Å². The molecule has 23 heavy (non-hydrogen) atoms. The van der Waals surface area contributed by atoms with E-state index in [0.717, 1.165) is 0 Å². The summed E-state index contributed by atoms with van der Waals surface area (Å²) < 4.78 is 26.4. The molecule has 0 heterocycles. The van der Waals surface area contributed by atoms with Crippen LogP contribution in [0.3, 0.4) is 0 Å². The lowest BCUT2D eigenvalue weighted by molar-refractivity contribution is -0.145. The molecule has 0 fully saturated rings. The van der Waals surface area contributed by atoms with E-state index in [2.05, 4.69) is 0 Å². The maximum absolute atomic E-state index is 12.2. The summed E-state index contributed by atoms with van der Waals surface area (Å²) >= 11 is 0. The lowest BCUT2D eigenvalue weighted by atomic mass is 9.91. The number of hydrogen-bond donors (Lipinski definition) is 3. The number of fused-ring (bicyclic) bond motifs is 1. The Morgan fingerprint density at radius 2 is 1.91 bits per heavy atom. The first-order chi connectivity index (χ1) is 10.7. The van der Waals surface area contributed by atoms with Gasteiger partial charge in [0.2, 0.25) is 10.0 Å². The van der Waals surface area contributed by atoms with Gasteiger partial charge in [-0.3, -0.25) is 14.4 Å². The second-order valence-electron chi connectivity index (χ2n) is 5.21. The van der Waals surface area contributed by atoms with E-state index in [1.165, 1.54) is 18.2 Å². The SMILES string of the molecule is O=C(O)CC(NS(=O)(=O)c1ccc2c(c1)CCCC2=O)C(=O)O. The first-order valence-electron chi connectivity index (χ1n) is 6.84. The maximum Gasteiger partial charge on any atom is 0.322 e. The number of ketones is 1. The van der Waals surface area contributed by atoms with Crippen molar-refractivity contribution >= 4 is 27.7 Å². The van der Waals surface area contributed by atoms with Crippen molar-refractivity contribution in [1.29, 1.82) is 0 Å². The minimum absolute atomic E-state index is 0.0579. The Bertz CT molecular complexity index is 769. The number of nitrogens with one attached hydrogen (secondary N) is 1. The monoisotopic (exact) mass is 341 g/mol. The highest BCUT2D eigenvalue weighted by molar-refractivity contribution is 7.89. The number of benzene rings is 1. The number of carboxylic acid groups (broad SMARTS) is 2. The summed E-state index contributed by atoms with van der Waals surface area (Å²) in [5.41, 5.74) is 1.06. The molecule has 0 saturated carbocycles. The minimum atomic E-state index is -4.21. The van der Waals surface area contributed by atoms with E-state index in [4.69, 9.17) is 10.2 Å². The molecule has 0 radical (unpaired) electrons. The van der Waals surface area contributed by atoms with Crippen LogP contribution in [0, 0.1) is 0 Å². The van der Waals surface area contributed by atoms with Gasteiger partial charge in [0.05, 0.1) is 11.3 Å². The normalized spacial score (nSPS) is 15.7. The van der Waals surface area contributed by atoms with Gasteiger partial charge in [-0.05, 0) is 36.6 Å². The predicted octanol–water partition coefficient (Wildman–Crippen LogP) is 0.412. The summed E-state index contributed by atoms with van der Waals surface area (Å²) in [6, 6.07) is 2.17. The average Bonchev–Trinajstić information content (AvgIpc) is 2.45. The molecule has 1 aromatic carbocycles. The van der Waals surface area contributed by atoms with Crippen molar-refractivity contribution in [3.8, 4) is 0 Å². The fourth-order valence-electron chi connectivity index (χ4n) is 2.40. The summed E-state index contributed by atoms with van der Waals surface area (Å²) in [4.78, 5) is 33.1. The number of sulfonamides is 1. The number of aliphatic carboxylic acids is 2. The maximum atomic E-state index is 12.2. The molecular weight excluding hydrogens is 326 g/mol. The van der Waals surface area contributed by atoms with Crippen molar-refractivity contribution in [2.45, 2.75) is 36.6 Å². The van der Waals surface area contributed by atoms with Gasteiger partial charge in [0.25, 0.3) is 0 Å². The Morgan fingerprint density at radius 1 is 1.22 bits per heavy atom. The highest BCUT2D eigenvalue weighted by Crippen LogP contribution is 2.24. The zero-order valence-electron chi connectivity index (χ0n) is 12.0. The largest absolute Gasteiger partial charge is 0.481 e. The lowest BCUT2D eigenvalue weighted by Gasteiger charge is -2.17. The van der Waals surface area contributed by atoms with Crippen LogP contribution in [0.15, 0.2) is 23.1 Å². The molecule has 1 aliphatic rings. The van der Waals surface area contributed by atoms with E-state index in [-0.39, 0.29) is 10.7 Å². The number of rotatable bonds is 6. The molecule has 0 amide bonds. The minimum Gasteiger partial charge on any atom is -0.481 e. The van der Waals surface area contributed by atoms with Crippen LogP contribution in [0.2, 0.25) is 0 Å². The third-order valence-corrected chi connectivity index (χ3v) is 4.98. The van der Waals surface area contributed by atoms with Crippen molar-refractivity contribution in [3.05, 3.63) is 29.3 Å². The molecule has 124 valence electrons. The first kappa shape index (κ1) is 17.1. The Balaban J connectivity index is 2.30. The van der Waals surface area contributed by atoms with Gasteiger partial charge in [0.1, 0.15) is 6.04 Å². The number of aryl methyl sites for hydroxylation is 1. The van der Waals surface area contributed by atoms with Crippen molar-refractivity contribution in [2.75, 3.05) is 0 Å². The summed E-state index contributed by atoms with van der Waals surface area (Å²) in [5, 5.41) is 17.6. The van der Waals surface area contributed by atoms with Gasteiger partial charge in [0.15, 0.2) is 5.78 Å². The molecule has 8 nitrogen and oxygen atoms in total. The highest BCUT2D eigenvalue weighted by atomic mass is 32.2. The molecule has 0 aliphatic heterocycles. The van der Waals surface area contributed by atoms with Gasteiger partial charge >= 0.3 is 11.9 Å².